The molecular formula is C14H23F3N2O. The van der Waals surface area contributed by atoms with Crippen LogP contribution in [-0.4, -0.2) is 31.7 Å². The van der Waals surface area contributed by atoms with Crippen LogP contribution in [0, 0.1) is 17.8 Å². The van der Waals surface area contributed by atoms with Crippen LogP contribution in [0.25, 0.3) is 0 Å². The van der Waals surface area contributed by atoms with Crippen molar-refractivity contribution in [2.75, 3.05) is 19.6 Å². The van der Waals surface area contributed by atoms with E-state index in [0.29, 0.717) is 25.3 Å². The lowest BCUT2D eigenvalue weighted by atomic mass is 9.80. The highest BCUT2D eigenvalue weighted by Gasteiger charge is 2.43. The number of hydrogen-bond acceptors (Lipinski definition) is 2. The van der Waals surface area contributed by atoms with Crippen molar-refractivity contribution in [2.24, 2.45) is 17.8 Å². The van der Waals surface area contributed by atoms with E-state index >= 15 is 0 Å². The molecule has 3 atom stereocenters. The molecule has 3 nitrogen and oxygen atoms in total. The van der Waals surface area contributed by atoms with Crippen molar-refractivity contribution in [1.29, 1.82) is 0 Å². The highest BCUT2D eigenvalue weighted by atomic mass is 19.4. The quantitative estimate of drug-likeness (QED) is 0.839. The second kappa shape index (κ2) is 6.78. The van der Waals surface area contributed by atoms with Crippen molar-refractivity contribution in [3.8, 4) is 0 Å². The zero-order valence-electron chi connectivity index (χ0n) is 11.6. The summed E-state index contributed by atoms with van der Waals surface area (Å²) in [6.45, 7) is 2.48. The molecule has 0 spiro atoms. The molecule has 1 saturated heterocycles. The van der Waals surface area contributed by atoms with E-state index in [1.54, 1.807) is 0 Å². The molecule has 116 valence electrons. The molecule has 0 radical (unpaired) electrons. The summed E-state index contributed by atoms with van der Waals surface area (Å²) in [5.74, 6) is -1.55. The molecule has 0 aromatic carbocycles. The Morgan fingerprint density at radius 1 is 1.20 bits per heavy atom. The van der Waals surface area contributed by atoms with Gasteiger partial charge in [0.05, 0.1) is 5.92 Å². The third-order valence-electron chi connectivity index (χ3n) is 4.47. The van der Waals surface area contributed by atoms with E-state index in [1.807, 2.05) is 0 Å². The Morgan fingerprint density at radius 2 is 2.00 bits per heavy atom. The smallest absolute Gasteiger partial charge is 0.356 e. The second-order valence-electron chi connectivity index (χ2n) is 6.06. The van der Waals surface area contributed by atoms with Crippen LogP contribution in [0.3, 0.4) is 0 Å². The van der Waals surface area contributed by atoms with Crippen LogP contribution in [0.2, 0.25) is 0 Å². The summed E-state index contributed by atoms with van der Waals surface area (Å²) in [6, 6.07) is 0. The zero-order valence-corrected chi connectivity index (χ0v) is 11.6. The van der Waals surface area contributed by atoms with Gasteiger partial charge in [0.2, 0.25) is 5.91 Å². The van der Waals surface area contributed by atoms with Gasteiger partial charge in [0.25, 0.3) is 0 Å². The summed E-state index contributed by atoms with van der Waals surface area (Å²) in [4.78, 5) is 12.0. The molecule has 0 aromatic heterocycles. The molecule has 2 fully saturated rings. The Kier molecular flexibility index (Phi) is 5.29. The van der Waals surface area contributed by atoms with E-state index < -0.39 is 18.0 Å². The highest BCUT2D eigenvalue weighted by Crippen LogP contribution is 2.39. The van der Waals surface area contributed by atoms with Gasteiger partial charge in [-0.3, -0.25) is 4.79 Å². The van der Waals surface area contributed by atoms with Gasteiger partial charge in [0, 0.05) is 12.5 Å². The Bertz CT molecular complexity index is 327. The minimum atomic E-state index is -4.16. The predicted octanol–water partition coefficient (Wildman–Crippen LogP) is 2.47. The first-order valence-electron chi connectivity index (χ1n) is 7.52. The average Bonchev–Trinajstić information content (AvgIpc) is 2.45. The van der Waals surface area contributed by atoms with E-state index in [4.69, 9.17) is 0 Å². The predicted molar refractivity (Wildman–Crippen MR) is 70.1 cm³/mol. The number of halogens is 3. The first kappa shape index (κ1) is 15.6. The fourth-order valence-corrected chi connectivity index (χ4v) is 3.21. The molecule has 1 amide bonds. The van der Waals surface area contributed by atoms with Crippen LogP contribution in [-0.2, 0) is 4.79 Å². The van der Waals surface area contributed by atoms with Gasteiger partial charge >= 0.3 is 6.18 Å². The maximum absolute atomic E-state index is 12.7. The third kappa shape index (κ3) is 4.36. The Balaban J connectivity index is 1.76. The molecular weight excluding hydrogens is 269 g/mol. The normalized spacial score (nSPS) is 31.9. The molecule has 1 aliphatic carbocycles. The lowest BCUT2D eigenvalue weighted by Gasteiger charge is -2.30. The standard InChI is InChI=1S/C14H23F3N2O/c15-14(16,17)12-5-1-4-11(7-12)13(20)19-9-10-3-2-6-18-8-10/h10-12,18H,1-9H2,(H,19,20). The first-order chi connectivity index (χ1) is 9.47. The Morgan fingerprint density at radius 3 is 2.65 bits per heavy atom. The summed E-state index contributed by atoms with van der Waals surface area (Å²) in [7, 11) is 0. The van der Waals surface area contributed by atoms with Crippen LogP contribution < -0.4 is 10.6 Å². The number of nitrogens with one attached hydrogen (secondary N) is 2. The summed E-state index contributed by atoms with van der Waals surface area (Å²) in [6.07, 6.45) is -0.790. The SMILES string of the molecule is O=C(NCC1CCCNC1)C1CCCC(C(F)(F)F)C1. The number of carbonyl (C=O) groups excluding carboxylic acids is 1. The van der Waals surface area contributed by atoms with Crippen LogP contribution in [0.5, 0.6) is 0 Å². The fraction of sp³-hybridized carbons (Fsp3) is 0.929. The maximum Gasteiger partial charge on any atom is 0.391 e. The van der Waals surface area contributed by atoms with Gasteiger partial charge < -0.3 is 10.6 Å². The van der Waals surface area contributed by atoms with Gasteiger partial charge in [0.1, 0.15) is 0 Å². The molecule has 3 unspecified atom stereocenters. The van der Waals surface area contributed by atoms with Crippen molar-refractivity contribution < 1.29 is 18.0 Å². The molecule has 20 heavy (non-hydrogen) atoms. The van der Waals surface area contributed by atoms with Gasteiger partial charge in [-0.05, 0) is 51.1 Å². The maximum atomic E-state index is 12.7. The Labute approximate surface area is 117 Å². The van der Waals surface area contributed by atoms with Crippen LogP contribution in [0.15, 0.2) is 0 Å². The van der Waals surface area contributed by atoms with Crippen molar-refractivity contribution in [3.63, 3.8) is 0 Å². The van der Waals surface area contributed by atoms with Crippen molar-refractivity contribution in [2.45, 2.75) is 44.7 Å². The summed E-state index contributed by atoms with van der Waals surface area (Å²) < 4.78 is 38.1. The molecule has 1 heterocycles. The molecule has 1 aliphatic heterocycles. The molecule has 1 saturated carbocycles. The monoisotopic (exact) mass is 292 g/mol. The highest BCUT2D eigenvalue weighted by molar-refractivity contribution is 5.78. The van der Waals surface area contributed by atoms with E-state index in [-0.39, 0.29) is 18.7 Å². The third-order valence-corrected chi connectivity index (χ3v) is 4.47. The largest absolute Gasteiger partial charge is 0.391 e. The molecule has 2 N–H and O–H groups in total. The van der Waals surface area contributed by atoms with Crippen LogP contribution >= 0.6 is 0 Å². The fourth-order valence-electron chi connectivity index (χ4n) is 3.21. The minimum absolute atomic E-state index is 0.0434. The molecule has 6 heteroatoms. The molecule has 2 aliphatic rings. The number of carbonyl (C=O) groups is 1. The topological polar surface area (TPSA) is 41.1 Å². The summed E-state index contributed by atoms with van der Waals surface area (Å²) in [5, 5.41) is 6.11. The van der Waals surface area contributed by atoms with E-state index in [0.717, 1.165) is 25.9 Å². The van der Waals surface area contributed by atoms with Crippen molar-refractivity contribution in [3.05, 3.63) is 0 Å². The van der Waals surface area contributed by atoms with Crippen molar-refractivity contribution >= 4 is 5.91 Å². The van der Waals surface area contributed by atoms with E-state index in [9.17, 15) is 18.0 Å². The first-order valence-corrected chi connectivity index (χ1v) is 7.52. The van der Waals surface area contributed by atoms with E-state index in [2.05, 4.69) is 10.6 Å². The molecule has 0 aromatic rings. The van der Waals surface area contributed by atoms with Gasteiger partial charge in [0.15, 0.2) is 0 Å². The summed E-state index contributed by atoms with van der Waals surface area (Å²) in [5.41, 5.74) is 0. The Hall–Kier alpha value is -0.780. The number of rotatable bonds is 3. The van der Waals surface area contributed by atoms with Crippen molar-refractivity contribution in [1.82, 2.24) is 10.6 Å². The molecule has 2 rings (SSSR count). The number of piperidine rings is 1. The van der Waals surface area contributed by atoms with Crippen LogP contribution in [0.1, 0.15) is 38.5 Å². The van der Waals surface area contributed by atoms with Gasteiger partial charge in [-0.15, -0.1) is 0 Å². The summed E-state index contributed by atoms with van der Waals surface area (Å²) >= 11 is 0. The van der Waals surface area contributed by atoms with Gasteiger partial charge in [-0.25, -0.2) is 0 Å². The average molecular weight is 292 g/mol. The lowest BCUT2D eigenvalue weighted by Crippen LogP contribution is -2.42. The second-order valence-corrected chi connectivity index (χ2v) is 6.06. The lowest BCUT2D eigenvalue weighted by molar-refractivity contribution is -0.186. The zero-order chi connectivity index (χ0) is 14.6. The molecule has 0 bridgehead atoms. The number of amides is 1. The number of hydrogen-bond donors (Lipinski definition) is 2. The minimum Gasteiger partial charge on any atom is -0.356 e. The van der Waals surface area contributed by atoms with Gasteiger partial charge in [-0.2, -0.15) is 13.2 Å². The van der Waals surface area contributed by atoms with Crippen LogP contribution in [0.4, 0.5) is 13.2 Å². The van der Waals surface area contributed by atoms with Gasteiger partial charge in [-0.1, -0.05) is 6.42 Å². The number of alkyl halides is 3. The van der Waals surface area contributed by atoms with E-state index in [1.165, 1.54) is 0 Å².